The maximum atomic E-state index is 9.95. The van der Waals surface area contributed by atoms with Crippen molar-refractivity contribution in [3.8, 4) is 6.07 Å². The molecule has 1 saturated heterocycles. The molecule has 1 aliphatic rings. The second-order valence-corrected chi connectivity index (χ2v) is 4.29. The number of sulfone groups is 1. The Balaban J connectivity index is 0. The van der Waals surface area contributed by atoms with Gasteiger partial charge in [-0.3, -0.25) is 8.42 Å². The number of hydrogen-bond donors (Lipinski definition) is 0. The number of nitrogens with zero attached hydrogens (tertiary/aromatic N) is 1. The van der Waals surface area contributed by atoms with Crippen LogP contribution in [-0.2, 0) is 14.6 Å². The molecule has 13 heavy (non-hydrogen) atoms. The first-order chi connectivity index (χ1) is 5.56. The van der Waals surface area contributed by atoms with Gasteiger partial charge in [-0.2, -0.15) is 5.75 Å². The van der Waals surface area contributed by atoms with Gasteiger partial charge in [-0.1, -0.05) is 6.07 Å². The van der Waals surface area contributed by atoms with Gasteiger partial charge in [0.15, 0.2) is 0 Å². The van der Waals surface area contributed by atoms with Gasteiger partial charge in [0.2, 0.25) is 0 Å². The van der Waals surface area contributed by atoms with Crippen LogP contribution in [0.4, 0.5) is 0 Å². The Morgan fingerprint density at radius 1 is 1.38 bits per heavy atom. The van der Waals surface area contributed by atoms with Crippen molar-refractivity contribution in [1.82, 2.24) is 0 Å². The fraction of sp³-hybridized carbons (Fsp3) is 0.714. The third-order valence-electron chi connectivity index (χ3n) is 1.09. The average molecular weight is 197 g/mol. The standard InChI is InChI=1S/C4H8O.C3H4NO2S.Li/c1-2-4-5-3-1;1-7(5,6)3-2-4;/h1-4H2;3H,1H3;/q;-1;+1. The SMILES string of the molecule is C1CCOC1.CS(=O)(=O)[CH-]C#N.[Li+]. The van der Waals surface area contributed by atoms with Crippen molar-refractivity contribution in [3.63, 3.8) is 0 Å². The van der Waals surface area contributed by atoms with Gasteiger partial charge in [0.05, 0.1) is 0 Å². The molecular formula is C7H12LiNO3S. The zero-order valence-corrected chi connectivity index (χ0v) is 8.80. The van der Waals surface area contributed by atoms with Crippen LogP contribution in [0.3, 0.4) is 0 Å². The van der Waals surface area contributed by atoms with Gasteiger partial charge in [0, 0.05) is 29.3 Å². The van der Waals surface area contributed by atoms with Crippen LogP contribution >= 0.6 is 0 Å². The van der Waals surface area contributed by atoms with Gasteiger partial charge >= 0.3 is 18.9 Å². The van der Waals surface area contributed by atoms with Crippen molar-refractivity contribution in [2.24, 2.45) is 0 Å². The predicted molar refractivity (Wildman–Crippen MR) is 44.8 cm³/mol. The molecule has 0 N–H and O–H groups in total. The first kappa shape index (κ1) is 15.3. The molecule has 0 spiro atoms. The summed E-state index contributed by atoms with van der Waals surface area (Å²) in [5.41, 5.74) is 0. The first-order valence-electron chi connectivity index (χ1n) is 3.57. The summed E-state index contributed by atoms with van der Waals surface area (Å²) in [4.78, 5) is 0. The van der Waals surface area contributed by atoms with Crippen molar-refractivity contribution in [3.05, 3.63) is 5.75 Å². The van der Waals surface area contributed by atoms with Gasteiger partial charge in [-0.25, -0.2) is 5.26 Å². The minimum absolute atomic E-state index is 0. The minimum atomic E-state index is -3.16. The van der Waals surface area contributed by atoms with Crippen LogP contribution in [-0.4, -0.2) is 27.9 Å². The molecule has 0 aromatic heterocycles. The van der Waals surface area contributed by atoms with Gasteiger partial charge in [0.1, 0.15) is 0 Å². The molecule has 0 aromatic carbocycles. The molecule has 0 aromatic rings. The maximum Gasteiger partial charge on any atom is 1.00 e. The van der Waals surface area contributed by atoms with Crippen molar-refractivity contribution in [2.45, 2.75) is 12.8 Å². The van der Waals surface area contributed by atoms with E-state index in [0.717, 1.165) is 19.5 Å². The summed E-state index contributed by atoms with van der Waals surface area (Å²) < 4.78 is 24.9. The van der Waals surface area contributed by atoms with E-state index < -0.39 is 9.84 Å². The number of hydrogen-bond acceptors (Lipinski definition) is 4. The second kappa shape index (κ2) is 8.46. The van der Waals surface area contributed by atoms with E-state index in [2.05, 4.69) is 0 Å². The fourth-order valence-electron chi connectivity index (χ4n) is 0.606. The Kier molecular flexibility index (Phi) is 9.99. The molecule has 0 aliphatic carbocycles. The molecule has 0 unspecified atom stereocenters. The summed E-state index contributed by atoms with van der Waals surface area (Å²) in [6.45, 7) is 2.00. The number of nitriles is 1. The Hall–Kier alpha value is -0.133. The summed E-state index contributed by atoms with van der Waals surface area (Å²) in [5, 5.41) is 7.72. The summed E-state index contributed by atoms with van der Waals surface area (Å²) >= 11 is 0. The topological polar surface area (TPSA) is 67.2 Å². The van der Waals surface area contributed by atoms with Crippen LogP contribution < -0.4 is 18.9 Å². The summed E-state index contributed by atoms with van der Waals surface area (Å²) in [6.07, 6.45) is 3.52. The Bertz CT molecular complexity index is 233. The first-order valence-corrected chi connectivity index (χ1v) is 5.52. The molecule has 1 heterocycles. The van der Waals surface area contributed by atoms with E-state index in [-0.39, 0.29) is 18.9 Å². The van der Waals surface area contributed by atoms with Gasteiger partial charge in [-0.15, -0.1) is 0 Å². The smallest absolute Gasteiger partial charge is 0.381 e. The average Bonchev–Trinajstić information content (AvgIpc) is 2.38. The van der Waals surface area contributed by atoms with E-state index in [0.29, 0.717) is 5.75 Å². The van der Waals surface area contributed by atoms with E-state index in [9.17, 15) is 8.42 Å². The Labute approximate surface area is 91.4 Å². The Morgan fingerprint density at radius 3 is 1.92 bits per heavy atom. The predicted octanol–water partition coefficient (Wildman–Crippen LogP) is -2.48. The minimum Gasteiger partial charge on any atom is -0.381 e. The van der Waals surface area contributed by atoms with E-state index >= 15 is 0 Å². The normalized spacial score (nSPS) is 14.5. The van der Waals surface area contributed by atoms with E-state index in [1.165, 1.54) is 18.9 Å². The zero-order valence-electron chi connectivity index (χ0n) is 7.99. The van der Waals surface area contributed by atoms with Gasteiger partial charge in [0.25, 0.3) is 0 Å². The number of ether oxygens (including phenoxy) is 1. The third-order valence-corrected chi connectivity index (χ3v) is 1.63. The summed E-state index contributed by atoms with van der Waals surface area (Å²) in [7, 11) is -3.16. The molecule has 0 radical (unpaired) electrons. The molecule has 1 fully saturated rings. The monoisotopic (exact) mass is 197 g/mol. The largest absolute Gasteiger partial charge is 1.00 e. The molecule has 1 rings (SSSR count). The van der Waals surface area contributed by atoms with Crippen LogP contribution in [0.5, 0.6) is 0 Å². The van der Waals surface area contributed by atoms with E-state index in [1.54, 1.807) is 0 Å². The molecule has 1 aliphatic heterocycles. The van der Waals surface area contributed by atoms with Crippen LogP contribution in [0.25, 0.3) is 0 Å². The van der Waals surface area contributed by atoms with Gasteiger partial charge in [-0.05, 0) is 12.8 Å². The van der Waals surface area contributed by atoms with E-state index in [1.807, 2.05) is 0 Å². The molecular weight excluding hydrogens is 185 g/mol. The van der Waals surface area contributed by atoms with Crippen LogP contribution in [0, 0.1) is 17.1 Å². The Morgan fingerprint density at radius 2 is 1.85 bits per heavy atom. The van der Waals surface area contributed by atoms with E-state index in [4.69, 9.17) is 10.00 Å². The second-order valence-electron chi connectivity index (χ2n) is 2.40. The zero-order chi connectivity index (χ0) is 9.45. The molecule has 0 saturated carbocycles. The molecule has 0 bridgehead atoms. The van der Waals surface area contributed by atoms with Crippen molar-refractivity contribution < 1.29 is 32.0 Å². The molecule has 0 amide bonds. The van der Waals surface area contributed by atoms with Crippen LogP contribution in [0.15, 0.2) is 0 Å². The fourth-order valence-corrected chi connectivity index (χ4v) is 0.798. The molecule has 70 valence electrons. The van der Waals surface area contributed by atoms with Crippen LogP contribution in [0.1, 0.15) is 12.8 Å². The summed E-state index contributed by atoms with van der Waals surface area (Å²) in [5.74, 6) is 0.590. The van der Waals surface area contributed by atoms with Crippen molar-refractivity contribution in [2.75, 3.05) is 19.5 Å². The van der Waals surface area contributed by atoms with Gasteiger partial charge < -0.3 is 4.74 Å². The quantitative estimate of drug-likeness (QED) is 0.345. The summed E-state index contributed by atoms with van der Waals surface area (Å²) in [6, 6.07) is 1.39. The maximum absolute atomic E-state index is 9.95. The van der Waals surface area contributed by atoms with Crippen molar-refractivity contribution in [1.29, 1.82) is 5.26 Å². The molecule has 0 atom stereocenters. The van der Waals surface area contributed by atoms with Crippen LogP contribution in [0.2, 0.25) is 0 Å². The third kappa shape index (κ3) is 14.7. The molecule has 4 nitrogen and oxygen atoms in total. The van der Waals surface area contributed by atoms with Crippen molar-refractivity contribution >= 4 is 9.84 Å². The molecule has 6 heteroatoms. The number of rotatable bonds is 1.